The summed E-state index contributed by atoms with van der Waals surface area (Å²) in [6, 6.07) is 12.2. The zero-order valence-electron chi connectivity index (χ0n) is 20.9. The number of benzene rings is 2. The van der Waals surface area contributed by atoms with E-state index in [0.717, 1.165) is 5.56 Å². The molecule has 0 aliphatic carbocycles. The molecule has 2 aromatic rings. The average Bonchev–Trinajstić information content (AvgIpc) is 3.18. The summed E-state index contributed by atoms with van der Waals surface area (Å²) < 4.78 is -0.509. The van der Waals surface area contributed by atoms with Gasteiger partial charge in [-0.25, -0.2) is 0 Å². The van der Waals surface area contributed by atoms with Crippen LogP contribution >= 0.6 is 11.8 Å². The highest BCUT2D eigenvalue weighted by Crippen LogP contribution is 2.40. The Morgan fingerprint density at radius 2 is 1.89 bits per heavy atom. The molecule has 192 valence electrons. The third kappa shape index (κ3) is 6.17. The molecule has 1 heterocycles. The summed E-state index contributed by atoms with van der Waals surface area (Å²) in [6.07, 6.45) is 1.07. The maximum atomic E-state index is 13.6. The number of Topliss-reactive ketones (excluding diaryl/α,β-unsaturated/α-hetero) is 1. The summed E-state index contributed by atoms with van der Waals surface area (Å²) in [5.74, 6) is -0.934. The van der Waals surface area contributed by atoms with E-state index in [1.807, 2.05) is 44.2 Å². The van der Waals surface area contributed by atoms with Gasteiger partial charge in [-0.1, -0.05) is 42.5 Å². The molecule has 3 rings (SSSR count). The molecule has 36 heavy (non-hydrogen) atoms. The van der Waals surface area contributed by atoms with Crippen molar-refractivity contribution in [2.45, 2.75) is 63.0 Å². The lowest BCUT2D eigenvalue weighted by Gasteiger charge is -2.33. The first-order valence-corrected chi connectivity index (χ1v) is 12.9. The highest BCUT2D eigenvalue weighted by atomic mass is 32.2. The van der Waals surface area contributed by atoms with Crippen LogP contribution in [-0.2, 0) is 16.0 Å². The van der Waals surface area contributed by atoms with Crippen molar-refractivity contribution in [3.05, 3.63) is 77.9 Å². The number of amides is 2. The monoisotopic (exact) mass is 510 g/mol. The van der Waals surface area contributed by atoms with E-state index in [-0.39, 0.29) is 35.8 Å². The SMILES string of the molecule is C=CCCC(=O)C1N(C(=O)C(O)C(Cc2ccccc2)NC(=O)c2cccc(O)c2C)CSC1(C)C. The normalized spacial score (nSPS) is 18.3. The quantitative estimate of drug-likeness (QED) is 0.422. The van der Waals surface area contributed by atoms with E-state index in [1.54, 1.807) is 25.1 Å². The molecule has 3 atom stereocenters. The van der Waals surface area contributed by atoms with Gasteiger partial charge in [0.05, 0.1) is 11.9 Å². The largest absolute Gasteiger partial charge is 0.508 e. The van der Waals surface area contributed by atoms with E-state index in [1.165, 1.54) is 22.7 Å². The Balaban J connectivity index is 1.88. The molecule has 0 spiro atoms. The van der Waals surface area contributed by atoms with Crippen LogP contribution in [0.2, 0.25) is 0 Å². The van der Waals surface area contributed by atoms with Crippen LogP contribution in [0, 0.1) is 6.92 Å². The Hall–Kier alpha value is -3.10. The molecule has 0 aromatic heterocycles. The Labute approximate surface area is 216 Å². The van der Waals surface area contributed by atoms with E-state index in [2.05, 4.69) is 11.9 Å². The van der Waals surface area contributed by atoms with Crippen molar-refractivity contribution in [2.75, 3.05) is 5.88 Å². The van der Waals surface area contributed by atoms with Gasteiger partial charge in [-0.05, 0) is 51.3 Å². The van der Waals surface area contributed by atoms with Crippen molar-refractivity contribution in [1.82, 2.24) is 10.2 Å². The van der Waals surface area contributed by atoms with Gasteiger partial charge < -0.3 is 20.4 Å². The summed E-state index contributed by atoms with van der Waals surface area (Å²) in [6.45, 7) is 9.13. The van der Waals surface area contributed by atoms with Gasteiger partial charge in [0.2, 0.25) is 0 Å². The highest BCUT2D eigenvalue weighted by molar-refractivity contribution is 8.00. The minimum atomic E-state index is -1.57. The average molecular weight is 511 g/mol. The number of nitrogens with zero attached hydrogens (tertiary/aromatic N) is 1. The van der Waals surface area contributed by atoms with Crippen molar-refractivity contribution in [3.8, 4) is 5.75 Å². The molecule has 2 aromatic carbocycles. The number of carbonyl (C=O) groups is 3. The number of phenolic OH excluding ortho intramolecular Hbond substituents is 1. The minimum absolute atomic E-state index is 0.0175. The summed E-state index contributed by atoms with van der Waals surface area (Å²) >= 11 is 1.49. The number of ketones is 1. The standard InChI is InChI=1S/C28H34N2O5S/c1-5-6-14-23(32)25-28(3,4)36-17-30(25)27(35)24(33)21(16-19-11-8-7-9-12-19)29-26(34)20-13-10-15-22(31)18(20)2/h5,7-13,15,21,24-25,31,33H,1,6,14,16-17H2,2-4H3,(H,29,34). The number of aliphatic hydroxyl groups is 1. The first-order valence-electron chi connectivity index (χ1n) is 12.0. The Bertz CT molecular complexity index is 1120. The van der Waals surface area contributed by atoms with Crippen molar-refractivity contribution < 1.29 is 24.6 Å². The smallest absolute Gasteiger partial charge is 0.254 e. The van der Waals surface area contributed by atoms with Crippen molar-refractivity contribution in [1.29, 1.82) is 0 Å². The van der Waals surface area contributed by atoms with Crippen LogP contribution in [-0.4, -0.2) is 61.5 Å². The predicted molar refractivity (Wildman–Crippen MR) is 142 cm³/mol. The molecular formula is C28H34N2O5S. The molecule has 8 heteroatoms. The van der Waals surface area contributed by atoms with Crippen LogP contribution in [0.3, 0.4) is 0 Å². The van der Waals surface area contributed by atoms with Crippen molar-refractivity contribution in [3.63, 3.8) is 0 Å². The molecule has 1 aliphatic heterocycles. The van der Waals surface area contributed by atoms with Gasteiger partial charge >= 0.3 is 0 Å². The second-order valence-electron chi connectivity index (χ2n) is 9.55. The lowest BCUT2D eigenvalue weighted by Crippen LogP contribution is -2.57. The molecule has 1 saturated heterocycles. The molecule has 2 amide bonds. The number of nitrogens with one attached hydrogen (secondary N) is 1. The summed E-state index contributed by atoms with van der Waals surface area (Å²) in [5, 5.41) is 24.1. The number of rotatable bonds is 10. The van der Waals surface area contributed by atoms with Crippen LogP contribution in [0.1, 0.15) is 48.2 Å². The molecule has 3 N–H and O–H groups in total. The molecule has 1 aliphatic rings. The number of hydrogen-bond acceptors (Lipinski definition) is 6. The van der Waals surface area contributed by atoms with Crippen LogP contribution in [0.25, 0.3) is 0 Å². The van der Waals surface area contributed by atoms with Gasteiger partial charge in [0, 0.05) is 22.3 Å². The topological polar surface area (TPSA) is 107 Å². The molecule has 3 unspecified atom stereocenters. The van der Waals surface area contributed by atoms with Crippen molar-refractivity contribution >= 4 is 29.4 Å². The lowest BCUT2D eigenvalue weighted by molar-refractivity contribution is -0.146. The Morgan fingerprint density at radius 3 is 2.56 bits per heavy atom. The molecule has 1 fully saturated rings. The fourth-order valence-corrected chi connectivity index (χ4v) is 5.63. The number of aliphatic hydroxyl groups excluding tert-OH is 1. The van der Waals surface area contributed by atoms with Crippen LogP contribution in [0.4, 0.5) is 0 Å². The van der Waals surface area contributed by atoms with E-state index in [4.69, 9.17) is 0 Å². The van der Waals surface area contributed by atoms with Crippen LogP contribution in [0.5, 0.6) is 5.75 Å². The molecule has 0 saturated carbocycles. The number of allylic oxidation sites excluding steroid dienone is 1. The van der Waals surface area contributed by atoms with E-state index in [0.29, 0.717) is 12.0 Å². The second kappa shape index (κ2) is 11.8. The molecule has 0 bridgehead atoms. The van der Waals surface area contributed by atoms with Gasteiger partial charge in [0.1, 0.15) is 11.8 Å². The summed E-state index contributed by atoms with van der Waals surface area (Å²) in [5.41, 5.74) is 1.49. The zero-order chi connectivity index (χ0) is 26.5. The maximum absolute atomic E-state index is 13.6. The van der Waals surface area contributed by atoms with Gasteiger partial charge in [-0.3, -0.25) is 14.4 Å². The summed E-state index contributed by atoms with van der Waals surface area (Å²) in [4.78, 5) is 41.2. The zero-order valence-corrected chi connectivity index (χ0v) is 21.8. The number of hydrogen-bond donors (Lipinski definition) is 3. The minimum Gasteiger partial charge on any atom is -0.508 e. The first kappa shape index (κ1) is 27.5. The number of thioether (sulfide) groups is 1. The second-order valence-corrected chi connectivity index (χ2v) is 11.1. The first-order chi connectivity index (χ1) is 17.1. The fraction of sp³-hybridized carbons (Fsp3) is 0.393. The van der Waals surface area contributed by atoms with Gasteiger partial charge in [0.25, 0.3) is 11.8 Å². The van der Waals surface area contributed by atoms with Crippen molar-refractivity contribution in [2.24, 2.45) is 0 Å². The highest BCUT2D eigenvalue weighted by Gasteiger charge is 2.49. The van der Waals surface area contributed by atoms with E-state index < -0.39 is 34.7 Å². The third-order valence-corrected chi connectivity index (χ3v) is 7.90. The van der Waals surface area contributed by atoms with Gasteiger partial charge in [-0.2, -0.15) is 0 Å². The number of aromatic hydroxyl groups is 1. The lowest BCUT2D eigenvalue weighted by atomic mass is 9.93. The maximum Gasteiger partial charge on any atom is 0.254 e. The summed E-state index contributed by atoms with van der Waals surface area (Å²) in [7, 11) is 0. The molecule has 0 radical (unpaired) electrons. The van der Waals surface area contributed by atoms with Crippen LogP contribution in [0.15, 0.2) is 61.2 Å². The number of phenols is 1. The van der Waals surface area contributed by atoms with E-state index in [9.17, 15) is 24.6 Å². The van der Waals surface area contributed by atoms with Gasteiger partial charge in [0.15, 0.2) is 11.9 Å². The molecule has 7 nitrogen and oxygen atoms in total. The third-order valence-electron chi connectivity index (χ3n) is 6.53. The molecular weight excluding hydrogens is 476 g/mol. The fourth-order valence-electron chi connectivity index (χ4n) is 4.47. The Kier molecular flexibility index (Phi) is 8.98. The van der Waals surface area contributed by atoms with Crippen LogP contribution < -0.4 is 5.32 Å². The number of carbonyl (C=O) groups excluding carboxylic acids is 3. The van der Waals surface area contributed by atoms with Gasteiger partial charge in [-0.15, -0.1) is 18.3 Å². The Morgan fingerprint density at radius 1 is 1.19 bits per heavy atom. The predicted octanol–water partition coefficient (Wildman–Crippen LogP) is 3.62. The van der Waals surface area contributed by atoms with E-state index >= 15 is 0 Å².